The molecule has 0 spiro atoms. The third-order valence-electron chi connectivity index (χ3n) is 7.82. The molecule has 0 radical (unpaired) electrons. The van der Waals surface area contributed by atoms with Gasteiger partial charge in [0.1, 0.15) is 5.82 Å². The summed E-state index contributed by atoms with van der Waals surface area (Å²) in [5.41, 5.74) is 10.6. The highest BCUT2D eigenvalue weighted by Gasteiger charge is 2.45. The SMILES string of the molecule is C1=CC2C3C(=C1)c1ccccc1-c1cccc4c(-c5ccccc5)cc(c3c14)N2c1ccccn1. The zero-order chi connectivity index (χ0) is 22.9. The number of rotatable bonds is 2. The molecule has 0 saturated heterocycles. The molecule has 2 aliphatic carbocycles. The van der Waals surface area contributed by atoms with E-state index in [0.717, 1.165) is 5.82 Å². The van der Waals surface area contributed by atoms with Gasteiger partial charge >= 0.3 is 0 Å². The molecule has 0 fully saturated rings. The van der Waals surface area contributed by atoms with Crippen LogP contribution in [0.5, 0.6) is 0 Å². The van der Waals surface area contributed by atoms with E-state index in [1.807, 2.05) is 12.3 Å². The van der Waals surface area contributed by atoms with Gasteiger partial charge < -0.3 is 4.90 Å². The number of anilines is 2. The highest BCUT2D eigenvalue weighted by atomic mass is 15.2. The normalized spacial score (nSPS) is 18.9. The highest BCUT2D eigenvalue weighted by Crippen LogP contribution is 2.59. The predicted octanol–water partition coefficient (Wildman–Crippen LogP) is 8.14. The molecule has 0 bridgehead atoms. The number of benzene rings is 4. The molecule has 2 atom stereocenters. The molecule has 2 unspecified atom stereocenters. The highest BCUT2D eigenvalue weighted by molar-refractivity contribution is 6.14. The number of hydrogen-bond donors (Lipinski definition) is 0. The van der Waals surface area contributed by atoms with Crippen molar-refractivity contribution >= 4 is 27.9 Å². The van der Waals surface area contributed by atoms with E-state index in [1.165, 1.54) is 55.4 Å². The lowest BCUT2D eigenvalue weighted by Gasteiger charge is -2.30. The van der Waals surface area contributed by atoms with Crippen LogP contribution >= 0.6 is 0 Å². The molecule has 8 rings (SSSR count). The quantitative estimate of drug-likeness (QED) is 0.272. The van der Waals surface area contributed by atoms with Crippen molar-refractivity contribution in [3.05, 3.63) is 133 Å². The van der Waals surface area contributed by atoms with Crippen molar-refractivity contribution in [1.82, 2.24) is 4.98 Å². The van der Waals surface area contributed by atoms with Crippen LogP contribution in [0, 0.1) is 0 Å². The van der Waals surface area contributed by atoms with Gasteiger partial charge in [-0.05, 0) is 67.9 Å². The Morgan fingerprint density at radius 1 is 0.686 bits per heavy atom. The average molecular weight is 447 g/mol. The maximum absolute atomic E-state index is 4.82. The van der Waals surface area contributed by atoms with Gasteiger partial charge in [0.2, 0.25) is 0 Å². The van der Waals surface area contributed by atoms with Gasteiger partial charge in [-0.3, -0.25) is 0 Å². The summed E-state index contributed by atoms with van der Waals surface area (Å²) in [5, 5.41) is 2.70. The van der Waals surface area contributed by atoms with E-state index in [-0.39, 0.29) is 12.0 Å². The standard InChI is InChI=1S/C33H22N2/c1-2-10-21(11-3-1)27-20-29-33-31-24(14-8-15-26(27)31)22-12-4-5-13-23(22)25-16-9-17-28(32(25)33)35(29)30-18-6-7-19-34-30/h1-20,28,32H. The van der Waals surface area contributed by atoms with E-state index < -0.39 is 0 Å². The summed E-state index contributed by atoms with van der Waals surface area (Å²) >= 11 is 0. The first-order chi connectivity index (χ1) is 17.4. The Morgan fingerprint density at radius 3 is 2.34 bits per heavy atom. The van der Waals surface area contributed by atoms with Crippen LogP contribution in [-0.2, 0) is 0 Å². The van der Waals surface area contributed by atoms with Crippen LogP contribution < -0.4 is 4.90 Å². The van der Waals surface area contributed by atoms with Crippen LogP contribution in [0.2, 0.25) is 0 Å². The minimum absolute atomic E-state index is 0.188. The van der Waals surface area contributed by atoms with Crippen molar-refractivity contribution in [3.8, 4) is 22.3 Å². The van der Waals surface area contributed by atoms with Gasteiger partial charge in [-0.2, -0.15) is 0 Å². The number of allylic oxidation sites excluding steroid dienone is 2. The Kier molecular flexibility index (Phi) is 3.81. The molecule has 4 aromatic carbocycles. The van der Waals surface area contributed by atoms with Crippen LogP contribution in [-0.4, -0.2) is 11.0 Å². The van der Waals surface area contributed by atoms with Crippen molar-refractivity contribution in [1.29, 1.82) is 0 Å². The maximum Gasteiger partial charge on any atom is 0.133 e. The molecule has 1 aliphatic heterocycles. The van der Waals surface area contributed by atoms with Crippen molar-refractivity contribution < 1.29 is 0 Å². The molecule has 2 heteroatoms. The smallest absolute Gasteiger partial charge is 0.133 e. The van der Waals surface area contributed by atoms with Crippen LogP contribution in [0.1, 0.15) is 17.0 Å². The molecule has 0 amide bonds. The Bertz CT molecular complexity index is 1700. The van der Waals surface area contributed by atoms with Gasteiger partial charge in [0.25, 0.3) is 0 Å². The number of fused-ring (bicyclic) bond motifs is 3. The molecular formula is C33H22N2. The summed E-state index contributed by atoms with van der Waals surface area (Å²) in [6.45, 7) is 0. The third-order valence-corrected chi connectivity index (χ3v) is 7.82. The van der Waals surface area contributed by atoms with Gasteiger partial charge in [0.15, 0.2) is 0 Å². The molecule has 164 valence electrons. The Balaban J connectivity index is 1.57. The van der Waals surface area contributed by atoms with Crippen molar-refractivity contribution in [2.75, 3.05) is 4.90 Å². The number of pyridine rings is 1. The molecule has 35 heavy (non-hydrogen) atoms. The maximum atomic E-state index is 4.82. The van der Waals surface area contributed by atoms with Gasteiger partial charge in [-0.15, -0.1) is 0 Å². The summed E-state index contributed by atoms with van der Waals surface area (Å²) in [4.78, 5) is 7.27. The van der Waals surface area contributed by atoms with Gasteiger partial charge in [-0.1, -0.05) is 97.1 Å². The summed E-state index contributed by atoms with van der Waals surface area (Å²) in [6, 6.07) is 35.4. The minimum atomic E-state index is 0.188. The average Bonchev–Trinajstić information content (AvgIpc) is 3.21. The molecule has 2 heterocycles. The lowest BCUT2D eigenvalue weighted by Crippen LogP contribution is -2.30. The largest absolute Gasteiger partial charge is 0.318 e. The molecular weight excluding hydrogens is 424 g/mol. The number of nitrogens with zero attached hydrogens (tertiary/aromatic N) is 2. The second-order valence-corrected chi connectivity index (χ2v) is 9.53. The monoisotopic (exact) mass is 446 g/mol. The lowest BCUT2D eigenvalue weighted by atomic mass is 9.80. The summed E-state index contributed by atoms with van der Waals surface area (Å²) < 4.78 is 0. The summed E-state index contributed by atoms with van der Waals surface area (Å²) in [6.07, 6.45) is 8.82. The van der Waals surface area contributed by atoms with Gasteiger partial charge in [-0.25, -0.2) is 4.98 Å². The van der Waals surface area contributed by atoms with E-state index in [4.69, 9.17) is 4.98 Å². The minimum Gasteiger partial charge on any atom is -0.318 e. The second-order valence-electron chi connectivity index (χ2n) is 9.53. The van der Waals surface area contributed by atoms with Gasteiger partial charge in [0.05, 0.1) is 6.04 Å². The zero-order valence-electron chi connectivity index (χ0n) is 19.1. The van der Waals surface area contributed by atoms with Crippen LogP contribution in [0.3, 0.4) is 0 Å². The molecule has 5 aromatic rings. The first-order valence-electron chi connectivity index (χ1n) is 12.2. The van der Waals surface area contributed by atoms with E-state index in [2.05, 4.69) is 114 Å². The first kappa shape index (κ1) is 18.9. The second kappa shape index (κ2) is 7.04. The van der Waals surface area contributed by atoms with E-state index in [0.29, 0.717) is 0 Å². The van der Waals surface area contributed by atoms with E-state index in [9.17, 15) is 0 Å². The fourth-order valence-corrected chi connectivity index (χ4v) is 6.48. The molecule has 3 aliphatic rings. The van der Waals surface area contributed by atoms with Crippen LogP contribution in [0.4, 0.5) is 11.5 Å². The fourth-order valence-electron chi connectivity index (χ4n) is 6.48. The number of hydrogen-bond acceptors (Lipinski definition) is 2. The molecule has 0 saturated carbocycles. The lowest BCUT2D eigenvalue weighted by molar-refractivity contribution is 0.755. The fraction of sp³-hybridized carbons (Fsp3) is 0.0606. The molecule has 2 nitrogen and oxygen atoms in total. The Hall–Kier alpha value is -4.43. The van der Waals surface area contributed by atoms with E-state index in [1.54, 1.807) is 0 Å². The van der Waals surface area contributed by atoms with Crippen LogP contribution in [0.25, 0.3) is 38.6 Å². The topological polar surface area (TPSA) is 16.1 Å². The van der Waals surface area contributed by atoms with Crippen molar-refractivity contribution in [2.24, 2.45) is 0 Å². The first-order valence-corrected chi connectivity index (χ1v) is 12.2. The summed E-state index contributed by atoms with van der Waals surface area (Å²) in [5.74, 6) is 1.26. The Morgan fingerprint density at radius 2 is 1.49 bits per heavy atom. The van der Waals surface area contributed by atoms with Crippen LogP contribution in [0.15, 0.2) is 121 Å². The van der Waals surface area contributed by atoms with Crippen molar-refractivity contribution in [3.63, 3.8) is 0 Å². The Labute approximate surface area is 204 Å². The zero-order valence-corrected chi connectivity index (χ0v) is 19.1. The molecule has 1 aromatic heterocycles. The van der Waals surface area contributed by atoms with Crippen molar-refractivity contribution in [2.45, 2.75) is 12.0 Å². The molecule has 0 N–H and O–H groups in total. The van der Waals surface area contributed by atoms with Gasteiger partial charge in [0, 0.05) is 17.8 Å². The van der Waals surface area contributed by atoms with E-state index >= 15 is 0 Å². The third kappa shape index (κ3) is 2.51. The number of aromatic nitrogens is 1. The predicted molar refractivity (Wildman–Crippen MR) is 145 cm³/mol. The summed E-state index contributed by atoms with van der Waals surface area (Å²) in [7, 11) is 0.